The monoisotopic (exact) mass is 357 g/mol. The summed E-state index contributed by atoms with van der Waals surface area (Å²) in [5.74, 6) is -2.18. The second-order valence-corrected chi connectivity index (χ2v) is 7.41. The first-order valence-electron chi connectivity index (χ1n) is 8.71. The van der Waals surface area contributed by atoms with Crippen molar-refractivity contribution in [3.63, 3.8) is 0 Å². The Bertz CT molecular complexity index is 798. The molecule has 1 aliphatic heterocycles. The Hall–Kier alpha value is -2.70. The van der Waals surface area contributed by atoms with Gasteiger partial charge in [-0.2, -0.15) is 0 Å². The van der Waals surface area contributed by atoms with Gasteiger partial charge < -0.3 is 9.57 Å². The van der Waals surface area contributed by atoms with Crippen molar-refractivity contribution in [2.45, 2.75) is 38.5 Å². The molecule has 0 aromatic heterocycles. The summed E-state index contributed by atoms with van der Waals surface area (Å²) in [5, 5.41) is 0.550. The van der Waals surface area contributed by atoms with Gasteiger partial charge in [0.1, 0.15) is 0 Å². The van der Waals surface area contributed by atoms with Crippen molar-refractivity contribution < 1.29 is 28.8 Å². The quantitative estimate of drug-likeness (QED) is 0.609. The van der Waals surface area contributed by atoms with Crippen molar-refractivity contribution in [1.82, 2.24) is 5.06 Å². The molecule has 1 aromatic rings. The molecule has 0 saturated heterocycles. The minimum atomic E-state index is -0.845. The van der Waals surface area contributed by atoms with Crippen LogP contribution in [0.15, 0.2) is 24.3 Å². The predicted molar refractivity (Wildman–Crippen MR) is 87.6 cm³/mol. The molecule has 2 aliphatic carbocycles. The van der Waals surface area contributed by atoms with Crippen LogP contribution >= 0.6 is 0 Å². The molecule has 2 saturated carbocycles. The van der Waals surface area contributed by atoms with E-state index in [4.69, 9.17) is 9.57 Å². The van der Waals surface area contributed by atoms with Crippen LogP contribution in [0.2, 0.25) is 0 Å². The van der Waals surface area contributed by atoms with E-state index in [1.165, 1.54) is 19.2 Å². The van der Waals surface area contributed by atoms with Gasteiger partial charge in [0.2, 0.25) is 0 Å². The number of hydrogen-bond donors (Lipinski definition) is 0. The number of fused-ring (bicyclic) bond motifs is 3. The van der Waals surface area contributed by atoms with Gasteiger partial charge in [-0.3, -0.25) is 14.4 Å². The van der Waals surface area contributed by atoms with Crippen LogP contribution in [0.25, 0.3) is 0 Å². The Labute approximate surface area is 150 Å². The average molecular weight is 357 g/mol. The van der Waals surface area contributed by atoms with E-state index >= 15 is 0 Å². The molecule has 2 bridgehead atoms. The predicted octanol–water partition coefficient (Wildman–Crippen LogP) is 2.25. The molecule has 7 nitrogen and oxygen atoms in total. The van der Waals surface area contributed by atoms with Gasteiger partial charge >= 0.3 is 11.9 Å². The molecule has 0 spiro atoms. The van der Waals surface area contributed by atoms with Crippen molar-refractivity contribution in [3.05, 3.63) is 35.4 Å². The molecule has 136 valence electrons. The van der Waals surface area contributed by atoms with Crippen molar-refractivity contribution in [2.24, 2.45) is 10.8 Å². The van der Waals surface area contributed by atoms with Crippen LogP contribution in [0.4, 0.5) is 0 Å². The van der Waals surface area contributed by atoms with Crippen LogP contribution in [-0.4, -0.2) is 35.9 Å². The second-order valence-electron chi connectivity index (χ2n) is 7.41. The van der Waals surface area contributed by atoms with Crippen molar-refractivity contribution in [2.75, 3.05) is 7.11 Å². The Morgan fingerprint density at radius 3 is 2.00 bits per heavy atom. The number of esters is 1. The first-order chi connectivity index (χ1) is 12.4. The summed E-state index contributed by atoms with van der Waals surface area (Å²) < 4.78 is 4.94. The lowest BCUT2D eigenvalue weighted by Gasteiger charge is -2.36. The van der Waals surface area contributed by atoms with Crippen LogP contribution in [-0.2, 0) is 19.2 Å². The molecule has 1 aromatic carbocycles. The maximum Gasteiger partial charge on any atom is 0.339 e. The SMILES string of the molecule is COC(=O)C12CCCC(C(=O)ON3C(=O)c4ccccc4C3=O)(CC1)C2. The molecule has 2 atom stereocenters. The number of ether oxygens (including phenoxy) is 1. The van der Waals surface area contributed by atoms with Crippen molar-refractivity contribution in [3.8, 4) is 0 Å². The fraction of sp³-hybridized carbons (Fsp3) is 0.474. The zero-order valence-electron chi connectivity index (χ0n) is 14.4. The summed E-state index contributed by atoms with van der Waals surface area (Å²) in [6.07, 6.45) is 3.34. The summed E-state index contributed by atoms with van der Waals surface area (Å²) >= 11 is 0. The van der Waals surface area contributed by atoms with Gasteiger partial charge in [-0.15, -0.1) is 0 Å². The molecule has 0 radical (unpaired) electrons. The smallest absolute Gasteiger partial charge is 0.339 e. The highest BCUT2D eigenvalue weighted by molar-refractivity contribution is 6.20. The van der Waals surface area contributed by atoms with Crippen LogP contribution in [0.5, 0.6) is 0 Å². The van der Waals surface area contributed by atoms with Gasteiger partial charge in [0, 0.05) is 0 Å². The van der Waals surface area contributed by atoms with E-state index in [0.717, 1.165) is 0 Å². The molecule has 3 aliphatic rings. The van der Waals surface area contributed by atoms with Gasteiger partial charge in [0.05, 0.1) is 29.1 Å². The van der Waals surface area contributed by atoms with E-state index in [2.05, 4.69) is 0 Å². The number of hydroxylamine groups is 2. The number of nitrogens with zero attached hydrogens (tertiary/aromatic N) is 1. The van der Waals surface area contributed by atoms with E-state index in [1.807, 2.05) is 0 Å². The highest BCUT2D eigenvalue weighted by Crippen LogP contribution is 2.59. The van der Waals surface area contributed by atoms with Crippen LogP contribution in [0.3, 0.4) is 0 Å². The largest absolute Gasteiger partial charge is 0.469 e. The third-order valence-corrected chi connectivity index (χ3v) is 6.05. The maximum absolute atomic E-state index is 12.9. The Balaban J connectivity index is 1.56. The Morgan fingerprint density at radius 1 is 0.923 bits per heavy atom. The minimum Gasteiger partial charge on any atom is -0.469 e. The van der Waals surface area contributed by atoms with Gasteiger partial charge in [-0.25, -0.2) is 4.79 Å². The average Bonchev–Trinajstić information content (AvgIpc) is 3.08. The first kappa shape index (κ1) is 16.8. The Kier molecular flexibility index (Phi) is 3.64. The molecule has 1 heterocycles. The third-order valence-electron chi connectivity index (χ3n) is 6.05. The molecule has 2 fully saturated rings. The third kappa shape index (κ3) is 2.19. The number of hydrogen-bond acceptors (Lipinski definition) is 6. The molecular formula is C19H19NO6. The number of rotatable bonds is 3. The molecule has 7 heteroatoms. The van der Waals surface area contributed by atoms with Crippen LogP contribution in [0.1, 0.15) is 59.2 Å². The van der Waals surface area contributed by atoms with E-state index in [-0.39, 0.29) is 17.1 Å². The first-order valence-corrected chi connectivity index (χ1v) is 8.71. The Morgan fingerprint density at radius 2 is 1.46 bits per heavy atom. The fourth-order valence-corrected chi connectivity index (χ4v) is 4.69. The van der Waals surface area contributed by atoms with Crippen LogP contribution in [0, 0.1) is 10.8 Å². The lowest BCUT2D eigenvalue weighted by atomic mass is 9.69. The second kappa shape index (κ2) is 5.65. The van der Waals surface area contributed by atoms with Crippen molar-refractivity contribution >= 4 is 23.8 Å². The fourth-order valence-electron chi connectivity index (χ4n) is 4.69. The zero-order valence-corrected chi connectivity index (χ0v) is 14.4. The standard InChI is InChI=1S/C19H19NO6/c1-25-16(23)18-7-4-8-19(11-18,10-9-18)17(24)26-20-14(21)12-5-2-3-6-13(12)15(20)22/h2-3,5-6H,4,7-11H2,1H3. The minimum absolute atomic E-state index is 0.224. The van der Waals surface area contributed by atoms with E-state index in [9.17, 15) is 19.2 Å². The molecule has 4 rings (SSSR count). The summed E-state index contributed by atoms with van der Waals surface area (Å²) in [4.78, 5) is 55.2. The van der Waals surface area contributed by atoms with Crippen molar-refractivity contribution in [1.29, 1.82) is 0 Å². The molecular weight excluding hydrogens is 338 g/mol. The van der Waals surface area contributed by atoms with Gasteiger partial charge in [-0.1, -0.05) is 23.6 Å². The summed E-state index contributed by atoms with van der Waals surface area (Å²) in [5.41, 5.74) is -1.06. The molecule has 0 N–H and O–H groups in total. The van der Waals surface area contributed by atoms with Gasteiger partial charge in [0.15, 0.2) is 0 Å². The van der Waals surface area contributed by atoms with Crippen LogP contribution < -0.4 is 0 Å². The number of carbonyl (C=O) groups is 4. The molecule has 26 heavy (non-hydrogen) atoms. The lowest BCUT2D eigenvalue weighted by molar-refractivity contribution is -0.184. The summed E-state index contributed by atoms with van der Waals surface area (Å²) in [7, 11) is 1.35. The number of carbonyl (C=O) groups excluding carboxylic acids is 4. The number of amides is 2. The van der Waals surface area contributed by atoms with Gasteiger partial charge in [0.25, 0.3) is 11.8 Å². The summed E-state index contributed by atoms with van der Waals surface area (Å²) in [6.45, 7) is 0. The highest BCUT2D eigenvalue weighted by Gasteiger charge is 2.60. The van der Waals surface area contributed by atoms with Gasteiger partial charge in [-0.05, 0) is 44.2 Å². The number of benzene rings is 1. The number of imide groups is 1. The lowest BCUT2D eigenvalue weighted by Crippen LogP contribution is -2.43. The highest BCUT2D eigenvalue weighted by atomic mass is 16.7. The summed E-state index contributed by atoms with van der Waals surface area (Å²) in [6, 6.07) is 6.36. The zero-order chi connectivity index (χ0) is 18.5. The van der Waals surface area contributed by atoms with E-state index < -0.39 is 28.6 Å². The maximum atomic E-state index is 12.9. The number of methoxy groups -OCH3 is 1. The topological polar surface area (TPSA) is 90.0 Å². The molecule has 2 unspecified atom stereocenters. The molecule has 2 amide bonds. The van der Waals surface area contributed by atoms with E-state index in [0.29, 0.717) is 43.6 Å². The van der Waals surface area contributed by atoms with E-state index in [1.54, 1.807) is 12.1 Å². The normalized spacial score (nSPS) is 29.5.